The number of benzene rings is 2. The Balaban J connectivity index is 0.00000196. The monoisotopic (exact) mass is 372 g/mol. The van der Waals surface area contributed by atoms with E-state index in [4.69, 9.17) is 5.73 Å². The van der Waals surface area contributed by atoms with Crippen molar-refractivity contribution < 1.29 is 4.79 Å². The molecule has 1 amide bonds. The largest absolute Gasteiger partial charge is 0.341 e. The molecule has 0 radical (unpaired) electrons. The molecule has 140 valence electrons. The van der Waals surface area contributed by atoms with Crippen molar-refractivity contribution in [2.45, 2.75) is 44.7 Å². The molecule has 0 heterocycles. The van der Waals surface area contributed by atoms with Crippen molar-refractivity contribution in [1.29, 1.82) is 0 Å². The van der Waals surface area contributed by atoms with Gasteiger partial charge in [-0.1, -0.05) is 42.8 Å². The summed E-state index contributed by atoms with van der Waals surface area (Å²) in [6.45, 7) is 0.682. The fraction of sp³-hybridized carbons (Fsp3) is 0.500. The van der Waals surface area contributed by atoms with Crippen LogP contribution >= 0.6 is 12.4 Å². The van der Waals surface area contributed by atoms with Crippen molar-refractivity contribution in [2.24, 2.45) is 23.5 Å². The first-order chi connectivity index (χ1) is 12.1. The van der Waals surface area contributed by atoms with Crippen LogP contribution in [0.5, 0.6) is 0 Å². The highest BCUT2D eigenvalue weighted by atomic mass is 35.5. The van der Waals surface area contributed by atoms with Crippen LogP contribution in [0.3, 0.4) is 0 Å². The molecule has 4 rings (SSSR count). The third kappa shape index (κ3) is 3.74. The summed E-state index contributed by atoms with van der Waals surface area (Å²) in [6.07, 6.45) is 5.67. The predicted octanol–water partition coefficient (Wildman–Crippen LogP) is 4.37. The number of halogens is 1. The molecule has 2 aromatic rings. The molecule has 2 bridgehead atoms. The topological polar surface area (TPSA) is 46.3 Å². The zero-order valence-electron chi connectivity index (χ0n) is 15.4. The average Bonchev–Trinajstić information content (AvgIpc) is 2.61. The van der Waals surface area contributed by atoms with E-state index in [9.17, 15) is 4.79 Å². The minimum atomic E-state index is 0. The summed E-state index contributed by atoms with van der Waals surface area (Å²) in [7, 11) is 1.95. The summed E-state index contributed by atoms with van der Waals surface area (Å²) in [5.41, 5.74) is 7.57. The molecule has 4 heteroatoms. The van der Waals surface area contributed by atoms with Crippen LogP contribution in [0.15, 0.2) is 42.5 Å². The van der Waals surface area contributed by atoms with E-state index in [2.05, 4.69) is 42.5 Å². The van der Waals surface area contributed by atoms with Crippen molar-refractivity contribution in [2.75, 3.05) is 7.05 Å². The van der Waals surface area contributed by atoms with Crippen LogP contribution in [0.25, 0.3) is 10.8 Å². The first-order valence-electron chi connectivity index (χ1n) is 9.60. The quantitative estimate of drug-likeness (QED) is 0.869. The average molecular weight is 373 g/mol. The normalized spacial score (nSPS) is 27.6. The van der Waals surface area contributed by atoms with Crippen molar-refractivity contribution >= 4 is 29.1 Å². The third-order valence-electron chi connectivity index (χ3n) is 6.37. The molecule has 2 saturated carbocycles. The lowest BCUT2D eigenvalue weighted by Crippen LogP contribution is -2.49. The smallest absolute Gasteiger partial charge is 0.225 e. The van der Waals surface area contributed by atoms with E-state index in [-0.39, 0.29) is 18.3 Å². The van der Waals surface area contributed by atoms with Gasteiger partial charge in [0.05, 0.1) is 0 Å². The zero-order chi connectivity index (χ0) is 17.4. The van der Waals surface area contributed by atoms with Gasteiger partial charge in [-0.15, -0.1) is 12.4 Å². The van der Waals surface area contributed by atoms with E-state index in [1.54, 1.807) is 0 Å². The van der Waals surface area contributed by atoms with Gasteiger partial charge in [0.15, 0.2) is 0 Å². The first kappa shape index (κ1) is 19.2. The summed E-state index contributed by atoms with van der Waals surface area (Å²) < 4.78 is 0. The molecule has 26 heavy (non-hydrogen) atoms. The molecule has 2 N–H and O–H groups in total. The lowest BCUT2D eigenvalue weighted by Gasteiger charge is -2.44. The van der Waals surface area contributed by atoms with Gasteiger partial charge in [0.2, 0.25) is 5.91 Å². The van der Waals surface area contributed by atoms with E-state index in [1.165, 1.54) is 35.6 Å². The standard InChI is InChI=1S/C22H28N2O.ClH/c1-24(14-15-9-10-16-5-2-3-6-17(16)11-15)22(25)20-12-18-7-4-8-19(13-20)21(18)23;/h2-3,5-6,9-11,18-21H,4,7-8,12-14,23H2,1H3;1H. The number of amides is 1. The number of nitrogens with two attached hydrogens (primary N) is 1. The Labute approximate surface area is 162 Å². The number of carbonyl (C=O) groups excluding carboxylic acids is 1. The molecule has 2 aliphatic rings. The fourth-order valence-electron chi connectivity index (χ4n) is 4.99. The summed E-state index contributed by atoms with van der Waals surface area (Å²) in [4.78, 5) is 14.9. The molecule has 2 atom stereocenters. The molecule has 0 aromatic heterocycles. The zero-order valence-corrected chi connectivity index (χ0v) is 16.3. The van der Waals surface area contributed by atoms with E-state index < -0.39 is 0 Å². The Morgan fingerprint density at radius 1 is 1.08 bits per heavy atom. The molecule has 0 aliphatic heterocycles. The summed E-state index contributed by atoms with van der Waals surface area (Å²) in [6, 6.07) is 15.2. The molecule has 2 unspecified atom stereocenters. The Kier molecular flexibility index (Phi) is 5.89. The minimum Gasteiger partial charge on any atom is -0.341 e. The highest BCUT2D eigenvalue weighted by Crippen LogP contribution is 2.42. The highest BCUT2D eigenvalue weighted by molar-refractivity contribution is 5.85. The van der Waals surface area contributed by atoms with Crippen LogP contribution in [0.2, 0.25) is 0 Å². The maximum Gasteiger partial charge on any atom is 0.225 e. The van der Waals surface area contributed by atoms with Gasteiger partial charge in [-0.25, -0.2) is 0 Å². The Morgan fingerprint density at radius 3 is 2.42 bits per heavy atom. The van der Waals surface area contributed by atoms with Crippen LogP contribution in [-0.4, -0.2) is 23.9 Å². The molecule has 0 saturated heterocycles. The van der Waals surface area contributed by atoms with Gasteiger partial charge in [-0.2, -0.15) is 0 Å². The predicted molar refractivity (Wildman–Crippen MR) is 109 cm³/mol. The second kappa shape index (κ2) is 7.98. The fourth-order valence-corrected chi connectivity index (χ4v) is 4.99. The number of hydrogen-bond acceptors (Lipinski definition) is 2. The Bertz CT molecular complexity index is 764. The van der Waals surface area contributed by atoms with E-state index in [0.29, 0.717) is 30.3 Å². The van der Waals surface area contributed by atoms with Crippen molar-refractivity contribution in [3.8, 4) is 0 Å². The lowest BCUT2D eigenvalue weighted by molar-refractivity contribution is -0.137. The van der Waals surface area contributed by atoms with Crippen molar-refractivity contribution in [1.82, 2.24) is 4.90 Å². The number of hydrogen-bond donors (Lipinski definition) is 1. The molecule has 2 fully saturated rings. The van der Waals surface area contributed by atoms with Gasteiger partial charge < -0.3 is 10.6 Å². The second-order valence-electron chi connectivity index (χ2n) is 8.07. The Morgan fingerprint density at radius 2 is 1.73 bits per heavy atom. The third-order valence-corrected chi connectivity index (χ3v) is 6.37. The molecule has 2 aromatic carbocycles. The van der Waals surface area contributed by atoms with Crippen molar-refractivity contribution in [3.05, 3.63) is 48.0 Å². The molecule has 0 spiro atoms. The van der Waals surface area contributed by atoms with Crippen LogP contribution in [0.4, 0.5) is 0 Å². The van der Waals surface area contributed by atoms with Gasteiger partial charge in [0, 0.05) is 25.6 Å². The van der Waals surface area contributed by atoms with Gasteiger partial charge in [-0.3, -0.25) is 4.79 Å². The van der Waals surface area contributed by atoms with Crippen LogP contribution < -0.4 is 5.73 Å². The molecular formula is C22H29ClN2O. The van der Waals surface area contributed by atoms with Crippen molar-refractivity contribution in [3.63, 3.8) is 0 Å². The lowest BCUT2D eigenvalue weighted by atomic mass is 9.65. The second-order valence-corrected chi connectivity index (χ2v) is 8.07. The number of nitrogens with zero attached hydrogens (tertiary/aromatic N) is 1. The SMILES string of the molecule is CN(Cc1ccc2ccccc2c1)C(=O)C1CC2CCCC(C1)C2N.Cl. The van der Waals surface area contributed by atoms with Gasteiger partial charge >= 0.3 is 0 Å². The van der Waals surface area contributed by atoms with Crippen LogP contribution in [-0.2, 0) is 11.3 Å². The van der Waals surface area contributed by atoms with Gasteiger partial charge in [0.25, 0.3) is 0 Å². The molecular weight excluding hydrogens is 344 g/mol. The minimum absolute atomic E-state index is 0. The molecule has 3 nitrogen and oxygen atoms in total. The van der Waals surface area contributed by atoms with E-state index in [1.807, 2.05) is 11.9 Å². The Hall–Kier alpha value is -1.58. The number of carbonyl (C=O) groups is 1. The van der Waals surface area contributed by atoms with Crippen LogP contribution in [0, 0.1) is 17.8 Å². The van der Waals surface area contributed by atoms with E-state index in [0.717, 1.165) is 12.8 Å². The maximum absolute atomic E-state index is 13.0. The maximum atomic E-state index is 13.0. The van der Waals surface area contributed by atoms with E-state index >= 15 is 0 Å². The highest BCUT2D eigenvalue weighted by Gasteiger charge is 2.41. The number of rotatable bonds is 3. The van der Waals surface area contributed by atoms with Gasteiger partial charge in [0.1, 0.15) is 0 Å². The summed E-state index contributed by atoms with van der Waals surface area (Å²) in [5, 5.41) is 2.48. The first-order valence-corrected chi connectivity index (χ1v) is 9.60. The summed E-state index contributed by atoms with van der Waals surface area (Å²) in [5.74, 6) is 1.57. The van der Waals surface area contributed by atoms with Crippen LogP contribution in [0.1, 0.15) is 37.7 Å². The van der Waals surface area contributed by atoms with Gasteiger partial charge in [-0.05, 0) is 59.9 Å². The molecule has 2 aliphatic carbocycles. The summed E-state index contributed by atoms with van der Waals surface area (Å²) >= 11 is 0. The number of fused-ring (bicyclic) bond motifs is 3.